The van der Waals surface area contributed by atoms with Gasteiger partial charge >= 0.3 is 0 Å². The van der Waals surface area contributed by atoms with Crippen molar-refractivity contribution in [1.29, 1.82) is 0 Å². The molecule has 1 aliphatic rings. The lowest BCUT2D eigenvalue weighted by molar-refractivity contribution is -0.127. The summed E-state index contributed by atoms with van der Waals surface area (Å²) in [5.74, 6) is 0.0805. The summed E-state index contributed by atoms with van der Waals surface area (Å²) in [6.07, 6.45) is 3.73. The van der Waals surface area contributed by atoms with Crippen LogP contribution in [0.3, 0.4) is 0 Å². The van der Waals surface area contributed by atoms with Crippen LogP contribution < -0.4 is 5.32 Å². The third-order valence-corrected chi connectivity index (χ3v) is 4.18. The fourth-order valence-corrected chi connectivity index (χ4v) is 2.81. The van der Waals surface area contributed by atoms with Crippen LogP contribution in [0.5, 0.6) is 0 Å². The Morgan fingerprint density at radius 1 is 1.33 bits per heavy atom. The molecule has 0 spiro atoms. The maximum Gasteiger partial charge on any atom is 0.246 e. The van der Waals surface area contributed by atoms with Gasteiger partial charge in [0.2, 0.25) is 5.91 Å². The van der Waals surface area contributed by atoms with Crippen molar-refractivity contribution in [2.24, 2.45) is 0 Å². The minimum atomic E-state index is 0. The van der Waals surface area contributed by atoms with E-state index in [1.54, 1.807) is 6.08 Å². The molecule has 0 bridgehead atoms. The first kappa shape index (κ1) is 18.0. The van der Waals surface area contributed by atoms with Crippen molar-refractivity contribution in [3.05, 3.63) is 40.9 Å². The molecule has 1 aliphatic heterocycles. The molecule has 0 atom stereocenters. The lowest BCUT2D eigenvalue weighted by Gasteiger charge is -2.31. The molecule has 2 rings (SSSR count). The molecule has 0 unspecified atom stereocenters. The van der Waals surface area contributed by atoms with Gasteiger partial charge in [-0.2, -0.15) is 0 Å². The zero-order chi connectivity index (χ0) is 14.5. The average molecular weight is 329 g/mol. The summed E-state index contributed by atoms with van der Waals surface area (Å²) < 4.78 is 0. The van der Waals surface area contributed by atoms with E-state index in [0.717, 1.165) is 37.1 Å². The quantitative estimate of drug-likeness (QED) is 0.863. The second-order valence-electron chi connectivity index (χ2n) is 5.20. The Morgan fingerprint density at radius 3 is 2.52 bits per heavy atom. The number of hydrogen-bond acceptors (Lipinski definition) is 2. The summed E-state index contributed by atoms with van der Waals surface area (Å²) in [6.45, 7) is 3.56. The lowest BCUT2D eigenvalue weighted by atomic mass is 10.0. The third-order valence-electron chi connectivity index (χ3n) is 3.85. The molecule has 1 N–H and O–H groups in total. The van der Waals surface area contributed by atoms with E-state index in [1.807, 2.05) is 43.1 Å². The van der Waals surface area contributed by atoms with Gasteiger partial charge in [-0.15, -0.1) is 12.4 Å². The summed E-state index contributed by atoms with van der Waals surface area (Å²) in [7, 11) is 1.98. The molecule has 116 valence electrons. The first-order chi connectivity index (χ1) is 9.61. The van der Waals surface area contributed by atoms with Crippen LogP contribution in [0.2, 0.25) is 5.02 Å². The van der Waals surface area contributed by atoms with E-state index in [-0.39, 0.29) is 18.3 Å². The minimum Gasteiger partial charge on any atom is -0.339 e. The molecular formula is C16H22Cl2N2O. The van der Waals surface area contributed by atoms with E-state index >= 15 is 0 Å². The molecule has 1 fully saturated rings. The molecule has 21 heavy (non-hydrogen) atoms. The van der Waals surface area contributed by atoms with Crippen molar-refractivity contribution in [2.45, 2.75) is 25.8 Å². The smallest absolute Gasteiger partial charge is 0.246 e. The van der Waals surface area contributed by atoms with Gasteiger partial charge in [-0.3, -0.25) is 4.79 Å². The number of allylic oxidation sites excluding steroid dienone is 1. The molecular weight excluding hydrogens is 307 g/mol. The molecule has 0 aliphatic carbocycles. The van der Waals surface area contributed by atoms with Crippen LogP contribution in [0.1, 0.15) is 25.3 Å². The Balaban J connectivity index is 0.00000220. The maximum atomic E-state index is 12.3. The molecule has 1 aromatic carbocycles. The van der Waals surface area contributed by atoms with Gasteiger partial charge in [0.15, 0.2) is 0 Å². The predicted octanol–water partition coefficient (Wildman–Crippen LogP) is 3.38. The summed E-state index contributed by atoms with van der Waals surface area (Å²) in [5, 5.41) is 3.95. The van der Waals surface area contributed by atoms with Crippen LogP contribution in [0.4, 0.5) is 0 Å². The van der Waals surface area contributed by atoms with Crippen LogP contribution in [0, 0.1) is 0 Å². The van der Waals surface area contributed by atoms with E-state index in [2.05, 4.69) is 5.32 Å². The monoisotopic (exact) mass is 328 g/mol. The van der Waals surface area contributed by atoms with Crippen molar-refractivity contribution in [3.63, 3.8) is 0 Å². The Kier molecular flexibility index (Phi) is 7.23. The molecule has 1 amide bonds. The van der Waals surface area contributed by atoms with Gasteiger partial charge < -0.3 is 10.2 Å². The lowest BCUT2D eigenvalue weighted by Crippen LogP contribution is -2.43. The normalized spacial score (nSPS) is 16.5. The summed E-state index contributed by atoms with van der Waals surface area (Å²) in [6, 6.07) is 8.14. The highest BCUT2D eigenvalue weighted by Crippen LogP contribution is 2.23. The minimum absolute atomic E-state index is 0. The maximum absolute atomic E-state index is 12.3. The first-order valence-electron chi connectivity index (χ1n) is 7.01. The fraction of sp³-hybridized carbons (Fsp3) is 0.438. The summed E-state index contributed by atoms with van der Waals surface area (Å²) in [5.41, 5.74) is 1.84. The number of hydrogen-bond donors (Lipinski definition) is 1. The Morgan fingerprint density at radius 2 is 1.95 bits per heavy atom. The summed E-state index contributed by atoms with van der Waals surface area (Å²) in [4.78, 5) is 14.2. The number of benzene rings is 1. The number of rotatable bonds is 3. The Hall–Kier alpha value is -1.03. The fourth-order valence-electron chi connectivity index (χ4n) is 2.52. The van der Waals surface area contributed by atoms with Gasteiger partial charge in [-0.25, -0.2) is 0 Å². The van der Waals surface area contributed by atoms with Crippen LogP contribution in [0.25, 0.3) is 5.57 Å². The van der Waals surface area contributed by atoms with E-state index in [9.17, 15) is 4.79 Å². The first-order valence-corrected chi connectivity index (χ1v) is 7.39. The molecule has 0 saturated carbocycles. The largest absolute Gasteiger partial charge is 0.339 e. The van der Waals surface area contributed by atoms with Gasteiger partial charge in [0.05, 0.1) is 0 Å². The van der Waals surface area contributed by atoms with Crippen LogP contribution >= 0.6 is 24.0 Å². The second kappa shape index (κ2) is 8.42. The average Bonchev–Trinajstić information content (AvgIpc) is 2.47. The number of amides is 1. The highest BCUT2D eigenvalue weighted by molar-refractivity contribution is 6.32. The van der Waals surface area contributed by atoms with E-state index in [0.29, 0.717) is 11.1 Å². The Labute approximate surface area is 137 Å². The molecule has 5 heteroatoms. The zero-order valence-corrected chi connectivity index (χ0v) is 14.0. The van der Waals surface area contributed by atoms with Crippen LogP contribution in [-0.4, -0.2) is 37.0 Å². The van der Waals surface area contributed by atoms with Gasteiger partial charge in [-0.1, -0.05) is 29.8 Å². The highest BCUT2D eigenvalue weighted by Gasteiger charge is 2.20. The topological polar surface area (TPSA) is 32.3 Å². The number of nitrogens with zero attached hydrogens (tertiary/aromatic N) is 1. The SMILES string of the molecule is CNC1CCN(C(=O)/C=C(/C)c2ccccc2Cl)CC1.Cl. The number of likely N-dealkylation sites (tertiary alicyclic amines) is 1. The van der Waals surface area contributed by atoms with E-state index < -0.39 is 0 Å². The molecule has 3 nitrogen and oxygen atoms in total. The number of nitrogens with one attached hydrogen (secondary N) is 1. The highest BCUT2D eigenvalue weighted by atomic mass is 35.5. The van der Waals surface area contributed by atoms with Gasteiger partial charge in [0, 0.05) is 30.2 Å². The van der Waals surface area contributed by atoms with Crippen LogP contribution in [0.15, 0.2) is 30.3 Å². The summed E-state index contributed by atoms with van der Waals surface area (Å²) >= 11 is 6.15. The standard InChI is InChI=1S/C16H21ClN2O.ClH/c1-12(14-5-3-4-6-15(14)17)11-16(20)19-9-7-13(18-2)8-10-19;/h3-6,11,13,18H,7-10H2,1-2H3;1H/b12-11-;. The number of piperidine rings is 1. The van der Waals surface area contributed by atoms with Crippen molar-refractivity contribution in [3.8, 4) is 0 Å². The molecule has 0 radical (unpaired) electrons. The van der Waals surface area contributed by atoms with Crippen molar-refractivity contribution >= 4 is 35.5 Å². The predicted molar refractivity (Wildman–Crippen MR) is 91.0 cm³/mol. The van der Waals surface area contributed by atoms with Crippen molar-refractivity contribution in [1.82, 2.24) is 10.2 Å². The second-order valence-corrected chi connectivity index (χ2v) is 5.60. The molecule has 1 aromatic rings. The molecule has 1 heterocycles. The Bertz CT molecular complexity index is 509. The van der Waals surface area contributed by atoms with Crippen molar-refractivity contribution in [2.75, 3.05) is 20.1 Å². The van der Waals surface area contributed by atoms with Gasteiger partial charge in [0.25, 0.3) is 0 Å². The number of carbonyl (C=O) groups is 1. The third kappa shape index (κ3) is 4.73. The molecule has 1 saturated heterocycles. The van der Waals surface area contributed by atoms with Crippen molar-refractivity contribution < 1.29 is 4.79 Å². The van der Waals surface area contributed by atoms with E-state index in [1.165, 1.54) is 0 Å². The van der Waals surface area contributed by atoms with Crippen LogP contribution in [-0.2, 0) is 4.79 Å². The van der Waals surface area contributed by atoms with Gasteiger partial charge in [-0.05, 0) is 44.0 Å². The van der Waals surface area contributed by atoms with Gasteiger partial charge in [0.1, 0.15) is 0 Å². The van der Waals surface area contributed by atoms with E-state index in [4.69, 9.17) is 11.6 Å². The zero-order valence-electron chi connectivity index (χ0n) is 12.4. The number of carbonyl (C=O) groups excluding carboxylic acids is 1. The molecule has 0 aromatic heterocycles. The number of halogens is 2.